The summed E-state index contributed by atoms with van der Waals surface area (Å²) >= 11 is 5.30. The highest BCUT2D eigenvalue weighted by Crippen LogP contribution is 2.28. The molecule has 0 spiro atoms. The molecular formula is C11H16BrNOS. The first kappa shape index (κ1) is 12.7. The third kappa shape index (κ3) is 4.36. The monoisotopic (exact) mass is 289 g/mol. The molecule has 0 saturated carbocycles. The summed E-state index contributed by atoms with van der Waals surface area (Å²) in [5, 5.41) is 5.55. The minimum absolute atomic E-state index is 0.392. The van der Waals surface area contributed by atoms with Gasteiger partial charge in [0, 0.05) is 15.4 Å². The van der Waals surface area contributed by atoms with E-state index in [2.05, 4.69) is 46.2 Å². The van der Waals surface area contributed by atoms with Gasteiger partial charge in [-0.25, -0.2) is 0 Å². The van der Waals surface area contributed by atoms with E-state index in [1.807, 2.05) is 0 Å². The highest BCUT2D eigenvalue weighted by atomic mass is 79.9. The molecule has 1 aromatic rings. The summed E-state index contributed by atoms with van der Waals surface area (Å²) in [5.41, 5.74) is 0. The molecule has 0 aliphatic rings. The Morgan fingerprint density at radius 2 is 2.53 bits per heavy atom. The fourth-order valence-electron chi connectivity index (χ4n) is 1.26. The lowest BCUT2D eigenvalue weighted by Crippen LogP contribution is -2.20. The molecule has 1 unspecified atom stereocenters. The second kappa shape index (κ2) is 7.04. The quantitative estimate of drug-likeness (QED) is 0.610. The molecule has 0 aliphatic carbocycles. The van der Waals surface area contributed by atoms with Crippen LogP contribution in [0.5, 0.6) is 0 Å². The van der Waals surface area contributed by atoms with Gasteiger partial charge >= 0.3 is 0 Å². The largest absolute Gasteiger partial charge is 0.502 e. The van der Waals surface area contributed by atoms with Crippen LogP contribution in [0.1, 0.15) is 24.3 Å². The van der Waals surface area contributed by atoms with Crippen molar-refractivity contribution in [3.8, 4) is 0 Å². The predicted octanol–water partition coefficient (Wildman–Crippen LogP) is 3.71. The van der Waals surface area contributed by atoms with Crippen molar-refractivity contribution in [2.45, 2.75) is 19.4 Å². The van der Waals surface area contributed by atoms with E-state index in [-0.39, 0.29) is 0 Å². The third-order valence-corrected chi connectivity index (χ3v) is 4.10. The zero-order valence-corrected chi connectivity index (χ0v) is 11.2. The Bertz CT molecular complexity index is 301. The molecule has 0 aliphatic heterocycles. The maximum absolute atomic E-state index is 5.05. The molecule has 0 aromatic carbocycles. The minimum atomic E-state index is 0.392. The van der Waals surface area contributed by atoms with Crippen molar-refractivity contribution in [1.29, 1.82) is 0 Å². The SMILES string of the molecule is C=COCCCNC(C)c1sccc1Br. The van der Waals surface area contributed by atoms with E-state index in [0.717, 1.165) is 19.6 Å². The molecule has 2 nitrogen and oxygen atoms in total. The van der Waals surface area contributed by atoms with E-state index in [4.69, 9.17) is 4.74 Å². The van der Waals surface area contributed by atoms with Gasteiger partial charge in [0.25, 0.3) is 0 Å². The van der Waals surface area contributed by atoms with Crippen LogP contribution in [-0.2, 0) is 4.74 Å². The topological polar surface area (TPSA) is 21.3 Å². The molecule has 4 heteroatoms. The van der Waals surface area contributed by atoms with E-state index >= 15 is 0 Å². The van der Waals surface area contributed by atoms with Crippen LogP contribution < -0.4 is 5.32 Å². The van der Waals surface area contributed by atoms with Gasteiger partial charge in [0.1, 0.15) is 0 Å². The molecule has 0 bridgehead atoms. The zero-order chi connectivity index (χ0) is 11.1. The van der Waals surface area contributed by atoms with Crippen LogP contribution in [0.15, 0.2) is 28.8 Å². The Morgan fingerprint density at radius 3 is 3.13 bits per heavy atom. The summed E-state index contributed by atoms with van der Waals surface area (Å²) in [6, 6.07) is 2.47. The van der Waals surface area contributed by atoms with Crippen molar-refractivity contribution in [2.75, 3.05) is 13.2 Å². The van der Waals surface area contributed by atoms with Gasteiger partial charge in [-0.2, -0.15) is 0 Å². The van der Waals surface area contributed by atoms with E-state index in [1.165, 1.54) is 15.6 Å². The number of thiophene rings is 1. The summed E-state index contributed by atoms with van der Waals surface area (Å²) < 4.78 is 6.24. The van der Waals surface area contributed by atoms with E-state index < -0.39 is 0 Å². The van der Waals surface area contributed by atoms with Gasteiger partial charge in [-0.15, -0.1) is 11.3 Å². The van der Waals surface area contributed by atoms with Crippen molar-refractivity contribution in [2.24, 2.45) is 0 Å². The van der Waals surface area contributed by atoms with Crippen LogP contribution in [0.25, 0.3) is 0 Å². The molecule has 1 rings (SSSR count). The van der Waals surface area contributed by atoms with Gasteiger partial charge in [0.15, 0.2) is 0 Å². The van der Waals surface area contributed by atoms with Crippen LogP contribution in [0.3, 0.4) is 0 Å². The summed E-state index contributed by atoms with van der Waals surface area (Å²) in [4.78, 5) is 1.35. The average molecular weight is 290 g/mol. The Morgan fingerprint density at radius 1 is 1.73 bits per heavy atom. The number of ether oxygens (including phenoxy) is 1. The van der Waals surface area contributed by atoms with Crippen LogP contribution >= 0.6 is 27.3 Å². The number of nitrogens with one attached hydrogen (secondary N) is 1. The zero-order valence-electron chi connectivity index (χ0n) is 8.83. The van der Waals surface area contributed by atoms with E-state index in [0.29, 0.717) is 6.04 Å². The highest BCUT2D eigenvalue weighted by molar-refractivity contribution is 9.10. The Balaban J connectivity index is 2.22. The number of hydrogen-bond donors (Lipinski definition) is 1. The summed E-state index contributed by atoms with van der Waals surface area (Å²) in [6.07, 6.45) is 2.48. The van der Waals surface area contributed by atoms with Crippen LogP contribution in [0, 0.1) is 0 Å². The molecule has 0 saturated heterocycles. The molecule has 1 aromatic heterocycles. The van der Waals surface area contributed by atoms with Crippen LogP contribution in [-0.4, -0.2) is 13.2 Å². The smallest absolute Gasteiger partial charge is 0.0885 e. The Hall–Kier alpha value is -0.320. The lowest BCUT2D eigenvalue weighted by molar-refractivity contribution is 0.243. The number of hydrogen-bond acceptors (Lipinski definition) is 3. The third-order valence-electron chi connectivity index (χ3n) is 2.05. The molecule has 1 heterocycles. The summed E-state index contributed by atoms with van der Waals surface area (Å²) in [7, 11) is 0. The molecule has 15 heavy (non-hydrogen) atoms. The normalized spacial score (nSPS) is 12.4. The van der Waals surface area contributed by atoms with Gasteiger partial charge in [0.05, 0.1) is 12.9 Å². The fourth-order valence-corrected chi connectivity index (χ4v) is 3.01. The lowest BCUT2D eigenvalue weighted by Gasteiger charge is -2.12. The average Bonchev–Trinajstić information content (AvgIpc) is 2.64. The second-order valence-electron chi connectivity index (χ2n) is 3.20. The van der Waals surface area contributed by atoms with Gasteiger partial charge in [-0.05, 0) is 47.3 Å². The standard InChI is InChI=1S/C11H16BrNOS/c1-3-14-7-4-6-13-9(2)11-10(12)5-8-15-11/h3,5,8-9,13H,1,4,6-7H2,2H3. The minimum Gasteiger partial charge on any atom is -0.502 e. The van der Waals surface area contributed by atoms with Crippen molar-refractivity contribution in [3.63, 3.8) is 0 Å². The Labute approximate surface area is 103 Å². The highest BCUT2D eigenvalue weighted by Gasteiger charge is 2.09. The van der Waals surface area contributed by atoms with E-state index in [1.54, 1.807) is 11.3 Å². The van der Waals surface area contributed by atoms with Crippen molar-refractivity contribution >= 4 is 27.3 Å². The van der Waals surface area contributed by atoms with Crippen molar-refractivity contribution in [1.82, 2.24) is 5.32 Å². The van der Waals surface area contributed by atoms with Crippen molar-refractivity contribution in [3.05, 3.63) is 33.6 Å². The van der Waals surface area contributed by atoms with Gasteiger partial charge in [-0.1, -0.05) is 6.58 Å². The molecular weight excluding hydrogens is 274 g/mol. The molecule has 0 amide bonds. The summed E-state index contributed by atoms with van der Waals surface area (Å²) in [5.74, 6) is 0. The number of rotatable bonds is 7. The number of halogens is 1. The van der Waals surface area contributed by atoms with Gasteiger partial charge in [-0.3, -0.25) is 0 Å². The first-order chi connectivity index (χ1) is 7.25. The molecule has 1 atom stereocenters. The molecule has 1 N–H and O–H groups in total. The first-order valence-corrected chi connectivity index (χ1v) is 6.61. The maximum Gasteiger partial charge on any atom is 0.0885 e. The Kier molecular flexibility index (Phi) is 5.98. The molecule has 0 fully saturated rings. The fraction of sp³-hybridized carbons (Fsp3) is 0.455. The predicted molar refractivity (Wildman–Crippen MR) is 69.2 cm³/mol. The van der Waals surface area contributed by atoms with Crippen molar-refractivity contribution < 1.29 is 4.74 Å². The molecule has 84 valence electrons. The molecule has 0 radical (unpaired) electrons. The van der Waals surface area contributed by atoms with Gasteiger partial charge < -0.3 is 10.1 Å². The van der Waals surface area contributed by atoms with Crippen LogP contribution in [0.4, 0.5) is 0 Å². The maximum atomic E-state index is 5.05. The summed E-state index contributed by atoms with van der Waals surface area (Å²) in [6.45, 7) is 7.36. The van der Waals surface area contributed by atoms with E-state index in [9.17, 15) is 0 Å². The second-order valence-corrected chi connectivity index (χ2v) is 5.00. The first-order valence-electron chi connectivity index (χ1n) is 4.94. The van der Waals surface area contributed by atoms with Crippen LogP contribution in [0.2, 0.25) is 0 Å². The lowest BCUT2D eigenvalue weighted by atomic mass is 10.2. The van der Waals surface area contributed by atoms with Gasteiger partial charge in [0.2, 0.25) is 0 Å².